The number of carbonyl (C=O) groups excluding carboxylic acids is 1. The summed E-state index contributed by atoms with van der Waals surface area (Å²) in [6.07, 6.45) is 10.00. The van der Waals surface area contributed by atoms with E-state index < -0.39 is 12.1 Å². The van der Waals surface area contributed by atoms with Gasteiger partial charge in [-0.05, 0) is 50.0 Å². The Morgan fingerprint density at radius 2 is 2.00 bits per heavy atom. The third-order valence-corrected chi connectivity index (χ3v) is 3.90. The Morgan fingerprint density at radius 3 is 2.84 bits per heavy atom. The molecule has 1 fully saturated rings. The van der Waals surface area contributed by atoms with Gasteiger partial charge in [0.25, 0.3) is 0 Å². The van der Waals surface area contributed by atoms with Gasteiger partial charge in [-0.2, -0.15) is 0 Å². The summed E-state index contributed by atoms with van der Waals surface area (Å²) in [4.78, 5) is 11.4. The molecule has 2 aliphatic rings. The normalized spacial score (nSPS) is 36.8. The second kappa shape index (κ2) is 6.87. The average Bonchev–Trinajstić information content (AvgIpc) is 2.75. The van der Waals surface area contributed by atoms with Crippen LogP contribution in [0.25, 0.3) is 0 Å². The van der Waals surface area contributed by atoms with E-state index in [0.29, 0.717) is 19.4 Å². The number of allylic oxidation sites excluding steroid dienone is 2. The van der Waals surface area contributed by atoms with Crippen molar-refractivity contribution in [1.82, 2.24) is 0 Å². The lowest BCUT2D eigenvalue weighted by Crippen LogP contribution is -2.21. The summed E-state index contributed by atoms with van der Waals surface area (Å²) in [6, 6.07) is 0. The topological polar surface area (TPSA) is 66.8 Å². The Labute approximate surface area is 113 Å². The number of aliphatic hydroxyl groups is 2. The lowest BCUT2D eigenvalue weighted by atomic mass is 9.90. The number of hydrogen-bond acceptors (Lipinski definition) is 4. The Bertz CT molecular complexity index is 361. The van der Waals surface area contributed by atoms with Crippen LogP contribution in [-0.2, 0) is 9.53 Å². The molecule has 0 radical (unpaired) electrons. The predicted octanol–water partition coefficient (Wildman–Crippen LogP) is 1.57. The van der Waals surface area contributed by atoms with E-state index in [2.05, 4.69) is 12.2 Å². The summed E-state index contributed by atoms with van der Waals surface area (Å²) in [5.74, 6) is -0.233. The zero-order valence-corrected chi connectivity index (χ0v) is 11.1. The van der Waals surface area contributed by atoms with Crippen LogP contribution in [0.2, 0.25) is 0 Å². The van der Waals surface area contributed by atoms with E-state index in [4.69, 9.17) is 4.74 Å². The van der Waals surface area contributed by atoms with Gasteiger partial charge in [-0.1, -0.05) is 12.2 Å². The largest absolute Gasteiger partial charge is 0.463 e. The van der Waals surface area contributed by atoms with Crippen molar-refractivity contribution in [2.75, 3.05) is 6.61 Å². The van der Waals surface area contributed by atoms with Crippen LogP contribution in [0.3, 0.4) is 0 Å². The summed E-state index contributed by atoms with van der Waals surface area (Å²) in [5.41, 5.74) is 0. The quantitative estimate of drug-likeness (QED) is 0.516. The molecule has 2 N–H and O–H groups in total. The minimum Gasteiger partial charge on any atom is -0.463 e. The Balaban J connectivity index is 2.09. The maximum atomic E-state index is 11.4. The summed E-state index contributed by atoms with van der Waals surface area (Å²) < 4.78 is 5.03. The molecule has 0 saturated heterocycles. The maximum Gasteiger partial charge on any atom is 0.330 e. The first-order valence-corrected chi connectivity index (χ1v) is 7.04. The van der Waals surface area contributed by atoms with E-state index in [9.17, 15) is 15.0 Å². The zero-order valence-electron chi connectivity index (χ0n) is 11.1. The monoisotopic (exact) mass is 266 g/mol. The highest BCUT2D eigenvalue weighted by atomic mass is 16.5. The lowest BCUT2D eigenvalue weighted by molar-refractivity contribution is -0.137. The molecule has 0 aromatic heterocycles. The van der Waals surface area contributed by atoms with Gasteiger partial charge in [0.05, 0.1) is 18.8 Å². The number of esters is 1. The first-order valence-electron chi connectivity index (χ1n) is 7.04. The minimum absolute atomic E-state index is 0.0175. The Morgan fingerprint density at radius 1 is 1.16 bits per heavy atom. The van der Waals surface area contributed by atoms with Crippen LogP contribution in [0.15, 0.2) is 24.3 Å². The van der Waals surface area contributed by atoms with Gasteiger partial charge < -0.3 is 14.9 Å². The maximum absolute atomic E-state index is 11.4. The number of aliphatic hydroxyl groups excluding tert-OH is 2. The lowest BCUT2D eigenvalue weighted by Gasteiger charge is -2.19. The molecule has 0 spiro atoms. The van der Waals surface area contributed by atoms with Gasteiger partial charge in [0.1, 0.15) is 0 Å². The molecular formula is C15H22O4. The van der Waals surface area contributed by atoms with Crippen LogP contribution in [0.5, 0.6) is 0 Å². The van der Waals surface area contributed by atoms with E-state index >= 15 is 0 Å². The second-order valence-electron chi connectivity index (χ2n) is 5.39. The third-order valence-electron chi connectivity index (χ3n) is 3.90. The first kappa shape index (κ1) is 14.3. The first-order chi connectivity index (χ1) is 9.16. The molecule has 1 saturated carbocycles. The van der Waals surface area contributed by atoms with Crippen LogP contribution in [-0.4, -0.2) is 35.0 Å². The molecule has 0 bridgehead atoms. The molecule has 4 atom stereocenters. The van der Waals surface area contributed by atoms with Crippen LogP contribution in [0.1, 0.15) is 32.1 Å². The standard InChI is InChI=1S/C15H22O4/c16-12-9-11-5-3-1-2-4-8-19-15(18)7-6-14(17)13(11)10-12/h3,5-7,11-14,16-17H,1-2,4,8-10H2/t11-,12+,13-,14-/m1/s1. The van der Waals surface area contributed by atoms with Gasteiger partial charge in [0, 0.05) is 6.08 Å². The highest BCUT2D eigenvalue weighted by molar-refractivity contribution is 5.81. The number of fused-ring (bicyclic) bond motifs is 1. The highest BCUT2D eigenvalue weighted by Gasteiger charge is 2.35. The summed E-state index contributed by atoms with van der Waals surface area (Å²) in [7, 11) is 0. The van der Waals surface area contributed by atoms with Crippen LogP contribution in [0, 0.1) is 11.8 Å². The van der Waals surface area contributed by atoms with Crippen molar-refractivity contribution < 1.29 is 19.7 Å². The number of ether oxygens (including phenoxy) is 1. The van der Waals surface area contributed by atoms with Crippen molar-refractivity contribution in [3.8, 4) is 0 Å². The molecule has 0 aromatic carbocycles. The van der Waals surface area contributed by atoms with Crippen molar-refractivity contribution in [3.05, 3.63) is 24.3 Å². The van der Waals surface area contributed by atoms with Crippen molar-refractivity contribution in [2.45, 2.75) is 44.3 Å². The van der Waals surface area contributed by atoms with Gasteiger partial charge >= 0.3 is 5.97 Å². The predicted molar refractivity (Wildman–Crippen MR) is 71.3 cm³/mol. The fraction of sp³-hybridized carbons (Fsp3) is 0.667. The Kier molecular flexibility index (Phi) is 5.16. The van der Waals surface area contributed by atoms with E-state index in [1.54, 1.807) is 0 Å². The fourth-order valence-corrected chi connectivity index (χ4v) is 2.86. The van der Waals surface area contributed by atoms with Crippen molar-refractivity contribution in [1.29, 1.82) is 0 Å². The number of carbonyl (C=O) groups is 1. The molecule has 0 amide bonds. The SMILES string of the molecule is O=C1C=C[C@@H](O)[C@@H]2C[C@@H](O)C[C@H]2C=CCCCCO1. The van der Waals surface area contributed by atoms with Crippen molar-refractivity contribution in [2.24, 2.45) is 11.8 Å². The molecule has 0 aromatic rings. The van der Waals surface area contributed by atoms with E-state index in [1.807, 2.05) is 0 Å². The number of hydrogen-bond donors (Lipinski definition) is 2. The molecule has 1 aliphatic carbocycles. The van der Waals surface area contributed by atoms with Gasteiger partial charge in [-0.3, -0.25) is 0 Å². The molecule has 4 nitrogen and oxygen atoms in total. The van der Waals surface area contributed by atoms with Crippen LogP contribution in [0.4, 0.5) is 0 Å². The minimum atomic E-state index is -0.708. The van der Waals surface area contributed by atoms with E-state index in [1.165, 1.54) is 12.2 Å². The third kappa shape index (κ3) is 4.18. The van der Waals surface area contributed by atoms with Gasteiger partial charge in [-0.15, -0.1) is 0 Å². The van der Waals surface area contributed by atoms with Crippen LogP contribution < -0.4 is 0 Å². The molecule has 2 rings (SSSR count). The van der Waals surface area contributed by atoms with Gasteiger partial charge in [0.15, 0.2) is 0 Å². The van der Waals surface area contributed by atoms with Crippen molar-refractivity contribution >= 4 is 5.97 Å². The zero-order chi connectivity index (χ0) is 13.7. The summed E-state index contributed by atoms with van der Waals surface area (Å²) in [6.45, 7) is 0.429. The number of cyclic esters (lactones) is 1. The molecule has 106 valence electrons. The number of rotatable bonds is 0. The molecule has 0 unspecified atom stereocenters. The molecule has 19 heavy (non-hydrogen) atoms. The molecule has 4 heteroatoms. The van der Waals surface area contributed by atoms with Gasteiger partial charge in [0.2, 0.25) is 0 Å². The van der Waals surface area contributed by atoms with Crippen molar-refractivity contribution in [3.63, 3.8) is 0 Å². The molecular weight excluding hydrogens is 244 g/mol. The Hall–Kier alpha value is -1.13. The summed E-state index contributed by atoms with van der Waals surface area (Å²) >= 11 is 0. The molecule has 1 heterocycles. The fourth-order valence-electron chi connectivity index (χ4n) is 2.86. The van der Waals surface area contributed by atoms with E-state index in [0.717, 1.165) is 19.3 Å². The second-order valence-corrected chi connectivity index (χ2v) is 5.39. The average molecular weight is 266 g/mol. The summed E-state index contributed by atoms with van der Waals surface area (Å²) in [5, 5.41) is 19.9. The smallest absolute Gasteiger partial charge is 0.330 e. The van der Waals surface area contributed by atoms with Gasteiger partial charge in [-0.25, -0.2) is 4.79 Å². The van der Waals surface area contributed by atoms with E-state index in [-0.39, 0.29) is 17.9 Å². The highest BCUT2D eigenvalue weighted by Crippen LogP contribution is 2.36. The molecule has 1 aliphatic heterocycles. The van der Waals surface area contributed by atoms with Crippen LogP contribution >= 0.6 is 0 Å².